The quantitative estimate of drug-likeness (QED) is 0.795. The van der Waals surface area contributed by atoms with Crippen LogP contribution in [0.15, 0.2) is 36.5 Å². The lowest BCUT2D eigenvalue weighted by molar-refractivity contribution is -0.130. The zero-order chi connectivity index (χ0) is 18.5. The average molecular weight is 357 g/mol. The molecule has 0 spiro atoms. The van der Waals surface area contributed by atoms with Gasteiger partial charge in [0, 0.05) is 12.7 Å². The molecule has 0 aliphatic carbocycles. The molecule has 2 aromatic rings. The van der Waals surface area contributed by atoms with E-state index in [0.717, 1.165) is 17.7 Å². The summed E-state index contributed by atoms with van der Waals surface area (Å²) in [5.41, 5.74) is 3.23. The Morgan fingerprint density at radius 2 is 2.15 bits per heavy atom. The van der Waals surface area contributed by atoms with Crippen LogP contribution in [0.3, 0.4) is 0 Å². The number of fused-ring (bicyclic) bond motifs is 1. The Labute approximate surface area is 154 Å². The molecule has 1 aliphatic heterocycles. The maximum Gasteiger partial charge on any atom is 0.248 e. The van der Waals surface area contributed by atoms with Crippen molar-refractivity contribution in [2.75, 3.05) is 13.2 Å². The van der Waals surface area contributed by atoms with Gasteiger partial charge in [-0.3, -0.25) is 9.48 Å². The highest BCUT2D eigenvalue weighted by atomic mass is 16.5. The van der Waals surface area contributed by atoms with Gasteiger partial charge in [0.05, 0.1) is 18.8 Å². The summed E-state index contributed by atoms with van der Waals surface area (Å²) in [6.45, 7) is 5.60. The molecule has 1 aromatic carbocycles. The minimum Gasteiger partial charge on any atom is -0.383 e. The molecule has 140 valence electrons. The molecule has 0 saturated heterocycles. The summed E-state index contributed by atoms with van der Waals surface area (Å²) < 4.78 is 7.73. The Morgan fingerprint density at radius 1 is 1.38 bits per heavy atom. The van der Waals surface area contributed by atoms with E-state index in [0.29, 0.717) is 26.1 Å². The third-order valence-corrected chi connectivity index (χ3v) is 4.51. The summed E-state index contributed by atoms with van der Waals surface area (Å²) in [7, 11) is 0. The molecular formula is C20H27N3O3. The molecule has 26 heavy (non-hydrogen) atoms. The van der Waals surface area contributed by atoms with Crippen molar-refractivity contribution < 1.29 is 14.6 Å². The van der Waals surface area contributed by atoms with Crippen LogP contribution in [0.25, 0.3) is 0 Å². The summed E-state index contributed by atoms with van der Waals surface area (Å²) in [4.78, 5) is 12.0. The fourth-order valence-electron chi connectivity index (χ4n) is 3.20. The fourth-order valence-corrected chi connectivity index (χ4v) is 3.20. The smallest absolute Gasteiger partial charge is 0.248 e. The third kappa shape index (κ3) is 4.71. The van der Waals surface area contributed by atoms with Crippen molar-refractivity contribution >= 4 is 5.91 Å². The number of aromatic nitrogens is 2. The number of nitrogens with one attached hydrogen (secondary N) is 1. The van der Waals surface area contributed by atoms with Crippen molar-refractivity contribution in [2.24, 2.45) is 5.92 Å². The number of carbonyl (C=O) groups is 1. The molecule has 3 rings (SSSR count). The van der Waals surface area contributed by atoms with Gasteiger partial charge < -0.3 is 15.2 Å². The summed E-state index contributed by atoms with van der Waals surface area (Å²) in [5, 5.41) is 17.4. The Hall–Kier alpha value is -2.18. The molecule has 0 unspecified atom stereocenters. The summed E-state index contributed by atoms with van der Waals surface area (Å²) in [6.07, 6.45) is 2.09. The minimum atomic E-state index is -0.978. The SMILES string of the molecule is CC(C)C[C@H](O)C(=O)NC[C@H]1OCCc2cn(Cc3ccccc3)nc21. The molecular weight excluding hydrogens is 330 g/mol. The van der Waals surface area contributed by atoms with Gasteiger partial charge in [0.1, 0.15) is 12.2 Å². The molecule has 6 nitrogen and oxygen atoms in total. The highest BCUT2D eigenvalue weighted by Crippen LogP contribution is 2.25. The lowest BCUT2D eigenvalue weighted by Crippen LogP contribution is -2.39. The molecule has 0 saturated carbocycles. The van der Waals surface area contributed by atoms with Crippen LogP contribution in [0, 0.1) is 5.92 Å². The minimum absolute atomic E-state index is 0.266. The molecule has 6 heteroatoms. The van der Waals surface area contributed by atoms with E-state index in [1.54, 1.807) is 0 Å². The second-order valence-corrected chi connectivity index (χ2v) is 7.22. The second kappa shape index (κ2) is 8.47. The van der Waals surface area contributed by atoms with Gasteiger partial charge in [-0.15, -0.1) is 0 Å². The first kappa shape index (κ1) is 18.6. The Kier molecular flexibility index (Phi) is 6.06. The zero-order valence-electron chi connectivity index (χ0n) is 15.4. The van der Waals surface area contributed by atoms with Gasteiger partial charge in [-0.05, 0) is 29.9 Å². The monoisotopic (exact) mass is 357 g/mol. The van der Waals surface area contributed by atoms with Gasteiger partial charge >= 0.3 is 0 Å². The van der Waals surface area contributed by atoms with Crippen LogP contribution in [0.5, 0.6) is 0 Å². The van der Waals surface area contributed by atoms with Crippen LogP contribution in [0.1, 0.15) is 43.2 Å². The highest BCUT2D eigenvalue weighted by Gasteiger charge is 2.26. The van der Waals surface area contributed by atoms with Crippen molar-refractivity contribution in [3.63, 3.8) is 0 Å². The first-order valence-electron chi connectivity index (χ1n) is 9.20. The predicted molar refractivity (Wildman–Crippen MR) is 98.6 cm³/mol. The maximum atomic E-state index is 12.0. The van der Waals surface area contributed by atoms with Gasteiger partial charge in [-0.2, -0.15) is 5.10 Å². The van der Waals surface area contributed by atoms with E-state index in [9.17, 15) is 9.90 Å². The van der Waals surface area contributed by atoms with Gasteiger partial charge in [0.15, 0.2) is 0 Å². The van der Waals surface area contributed by atoms with Gasteiger partial charge in [0.25, 0.3) is 0 Å². The number of carbonyl (C=O) groups excluding carboxylic acids is 1. The van der Waals surface area contributed by atoms with E-state index >= 15 is 0 Å². The Bertz CT molecular complexity index is 727. The van der Waals surface area contributed by atoms with E-state index in [2.05, 4.69) is 28.7 Å². The Morgan fingerprint density at radius 3 is 2.88 bits per heavy atom. The van der Waals surface area contributed by atoms with Crippen molar-refractivity contribution in [1.82, 2.24) is 15.1 Å². The van der Waals surface area contributed by atoms with Gasteiger partial charge in [-0.1, -0.05) is 44.2 Å². The summed E-state index contributed by atoms with van der Waals surface area (Å²) >= 11 is 0. The zero-order valence-corrected chi connectivity index (χ0v) is 15.4. The lowest BCUT2D eigenvalue weighted by Gasteiger charge is -2.23. The number of hydrogen-bond acceptors (Lipinski definition) is 4. The number of ether oxygens (including phenoxy) is 1. The van der Waals surface area contributed by atoms with Gasteiger partial charge in [0.2, 0.25) is 5.91 Å². The van der Waals surface area contributed by atoms with Crippen LogP contribution in [-0.2, 0) is 22.5 Å². The van der Waals surface area contributed by atoms with Gasteiger partial charge in [-0.25, -0.2) is 0 Å². The first-order valence-corrected chi connectivity index (χ1v) is 9.20. The number of aliphatic hydroxyl groups is 1. The summed E-state index contributed by atoms with van der Waals surface area (Å²) in [5.74, 6) is -0.0832. The summed E-state index contributed by atoms with van der Waals surface area (Å²) in [6, 6.07) is 10.2. The standard InChI is InChI=1S/C20H27N3O3/c1-14(2)10-17(24)20(25)21-11-18-19-16(8-9-26-18)13-23(22-19)12-15-6-4-3-5-7-15/h3-7,13-14,17-18,24H,8-12H2,1-2H3,(H,21,25)/t17-,18+/m0/s1. The van der Waals surface area contributed by atoms with E-state index in [4.69, 9.17) is 4.74 Å². The fraction of sp³-hybridized carbons (Fsp3) is 0.500. The van der Waals surface area contributed by atoms with E-state index in [1.807, 2.05) is 36.7 Å². The van der Waals surface area contributed by atoms with Crippen molar-refractivity contribution in [3.05, 3.63) is 53.3 Å². The average Bonchev–Trinajstić information content (AvgIpc) is 3.02. The molecule has 2 heterocycles. The van der Waals surface area contributed by atoms with Crippen LogP contribution in [-0.4, -0.2) is 40.0 Å². The van der Waals surface area contributed by atoms with E-state index in [-0.39, 0.29) is 17.9 Å². The lowest BCUT2D eigenvalue weighted by atomic mass is 10.0. The van der Waals surface area contributed by atoms with E-state index < -0.39 is 6.10 Å². The molecule has 1 amide bonds. The second-order valence-electron chi connectivity index (χ2n) is 7.22. The largest absolute Gasteiger partial charge is 0.383 e. The molecule has 2 N–H and O–H groups in total. The molecule has 0 bridgehead atoms. The molecule has 0 radical (unpaired) electrons. The maximum absolute atomic E-state index is 12.0. The normalized spacial score (nSPS) is 17.8. The third-order valence-electron chi connectivity index (χ3n) is 4.51. The van der Waals surface area contributed by atoms with Crippen molar-refractivity contribution in [1.29, 1.82) is 0 Å². The molecule has 0 fully saturated rings. The molecule has 1 aliphatic rings. The molecule has 2 atom stereocenters. The van der Waals surface area contributed by atoms with Crippen LogP contribution >= 0.6 is 0 Å². The number of rotatable bonds is 7. The van der Waals surface area contributed by atoms with Crippen molar-refractivity contribution in [3.8, 4) is 0 Å². The number of amides is 1. The van der Waals surface area contributed by atoms with Crippen LogP contribution < -0.4 is 5.32 Å². The van der Waals surface area contributed by atoms with Crippen LogP contribution in [0.4, 0.5) is 0 Å². The number of hydrogen-bond donors (Lipinski definition) is 2. The number of nitrogens with zero attached hydrogens (tertiary/aromatic N) is 2. The van der Waals surface area contributed by atoms with E-state index in [1.165, 1.54) is 5.56 Å². The molecule has 1 aromatic heterocycles. The first-order chi connectivity index (χ1) is 12.5. The highest BCUT2D eigenvalue weighted by molar-refractivity contribution is 5.80. The van der Waals surface area contributed by atoms with Crippen molar-refractivity contribution in [2.45, 2.75) is 45.4 Å². The van der Waals surface area contributed by atoms with Crippen LogP contribution in [0.2, 0.25) is 0 Å². The topological polar surface area (TPSA) is 76.4 Å². The number of benzene rings is 1. The Balaban J connectivity index is 1.62. The number of aliphatic hydroxyl groups excluding tert-OH is 1. The predicted octanol–water partition coefficient (Wildman–Crippen LogP) is 2.07.